The molecule has 0 amide bonds. The van der Waals surface area contributed by atoms with E-state index in [1.54, 1.807) is 0 Å². The van der Waals surface area contributed by atoms with E-state index in [2.05, 4.69) is 0 Å². The van der Waals surface area contributed by atoms with Crippen LogP contribution in [-0.2, 0) is 9.59 Å². The monoisotopic (exact) mass is 350 g/mol. The molecule has 0 fully saturated rings. The molecule has 0 bridgehead atoms. The Morgan fingerprint density at radius 2 is 1.38 bits per heavy atom. The summed E-state index contributed by atoms with van der Waals surface area (Å²) in [5.41, 5.74) is 4.79. The van der Waals surface area contributed by atoms with Crippen molar-refractivity contribution >= 4 is 17.5 Å². The van der Waals surface area contributed by atoms with Gasteiger partial charge in [-0.3, -0.25) is 4.79 Å². The standard InChI is InChI=1S/C22H22O4/c1-13-3-7-15(8-4-13)17-11-20(22(25)26)18(12-19(17)21(23)24)16-9-5-14(2)6-10-16/h3-10,17,19H,11-12H2,1-2H3,(H,23,24)(H,25,26). The smallest absolute Gasteiger partial charge is 0.331 e. The van der Waals surface area contributed by atoms with E-state index < -0.39 is 17.9 Å². The van der Waals surface area contributed by atoms with Crippen LogP contribution in [0, 0.1) is 19.8 Å². The molecule has 0 aromatic heterocycles. The van der Waals surface area contributed by atoms with Gasteiger partial charge in [0.1, 0.15) is 0 Å². The molecule has 134 valence electrons. The van der Waals surface area contributed by atoms with Crippen molar-refractivity contribution in [1.29, 1.82) is 0 Å². The normalized spacial score (nSPS) is 20.1. The van der Waals surface area contributed by atoms with Crippen molar-refractivity contribution in [3.8, 4) is 0 Å². The molecular weight excluding hydrogens is 328 g/mol. The predicted octanol–water partition coefficient (Wildman–Crippen LogP) is 4.42. The zero-order valence-corrected chi connectivity index (χ0v) is 14.9. The summed E-state index contributed by atoms with van der Waals surface area (Å²) in [4.78, 5) is 23.8. The SMILES string of the molecule is Cc1ccc(C2=C(C(=O)O)CC(c3ccc(C)cc3)C(C(=O)O)C2)cc1. The molecular formula is C22H22O4. The highest BCUT2D eigenvalue weighted by Gasteiger charge is 2.38. The van der Waals surface area contributed by atoms with Crippen molar-refractivity contribution < 1.29 is 19.8 Å². The average molecular weight is 350 g/mol. The first kappa shape index (κ1) is 17.9. The van der Waals surface area contributed by atoms with Gasteiger partial charge in [-0.25, -0.2) is 4.79 Å². The molecule has 26 heavy (non-hydrogen) atoms. The maximum atomic E-state index is 11.9. The van der Waals surface area contributed by atoms with Gasteiger partial charge in [0.25, 0.3) is 0 Å². The van der Waals surface area contributed by atoms with Gasteiger partial charge in [0.15, 0.2) is 0 Å². The van der Waals surface area contributed by atoms with Crippen molar-refractivity contribution in [1.82, 2.24) is 0 Å². The summed E-state index contributed by atoms with van der Waals surface area (Å²) in [6, 6.07) is 15.3. The van der Waals surface area contributed by atoms with Gasteiger partial charge in [-0.2, -0.15) is 0 Å². The maximum absolute atomic E-state index is 11.9. The van der Waals surface area contributed by atoms with E-state index in [4.69, 9.17) is 0 Å². The van der Waals surface area contributed by atoms with E-state index >= 15 is 0 Å². The lowest BCUT2D eigenvalue weighted by Crippen LogP contribution is -2.28. The van der Waals surface area contributed by atoms with Gasteiger partial charge in [0.2, 0.25) is 0 Å². The van der Waals surface area contributed by atoms with Crippen LogP contribution in [0.4, 0.5) is 0 Å². The third-order valence-electron chi connectivity index (χ3n) is 5.18. The molecule has 4 heteroatoms. The van der Waals surface area contributed by atoms with Crippen molar-refractivity contribution in [2.75, 3.05) is 0 Å². The second-order valence-corrected chi connectivity index (χ2v) is 7.00. The highest BCUT2D eigenvalue weighted by molar-refractivity contribution is 5.98. The van der Waals surface area contributed by atoms with Gasteiger partial charge >= 0.3 is 11.9 Å². The fraction of sp³-hybridized carbons (Fsp3) is 0.273. The first-order chi connectivity index (χ1) is 12.4. The molecule has 2 unspecified atom stereocenters. The quantitative estimate of drug-likeness (QED) is 0.856. The molecule has 3 rings (SSSR count). The van der Waals surface area contributed by atoms with E-state index in [0.29, 0.717) is 11.1 Å². The second kappa shape index (κ2) is 7.16. The minimum Gasteiger partial charge on any atom is -0.481 e. The van der Waals surface area contributed by atoms with Crippen LogP contribution in [0.5, 0.6) is 0 Å². The van der Waals surface area contributed by atoms with Gasteiger partial charge in [-0.05, 0) is 43.4 Å². The minimum atomic E-state index is -0.971. The van der Waals surface area contributed by atoms with Gasteiger partial charge in [0.05, 0.1) is 5.92 Å². The summed E-state index contributed by atoms with van der Waals surface area (Å²) >= 11 is 0. The van der Waals surface area contributed by atoms with Crippen molar-refractivity contribution in [2.45, 2.75) is 32.6 Å². The van der Waals surface area contributed by atoms with Gasteiger partial charge in [-0.1, -0.05) is 59.7 Å². The molecule has 0 radical (unpaired) electrons. The summed E-state index contributed by atoms with van der Waals surface area (Å²) in [5.74, 6) is -2.84. The maximum Gasteiger partial charge on any atom is 0.331 e. The summed E-state index contributed by atoms with van der Waals surface area (Å²) in [6.07, 6.45) is 0.442. The van der Waals surface area contributed by atoms with Crippen LogP contribution in [-0.4, -0.2) is 22.2 Å². The molecule has 4 nitrogen and oxygen atoms in total. The molecule has 1 aliphatic rings. The highest BCUT2D eigenvalue weighted by Crippen LogP contribution is 2.44. The number of rotatable bonds is 4. The summed E-state index contributed by atoms with van der Waals surface area (Å²) < 4.78 is 0. The Hall–Kier alpha value is -2.88. The lowest BCUT2D eigenvalue weighted by Gasteiger charge is -2.32. The zero-order chi connectivity index (χ0) is 18.8. The van der Waals surface area contributed by atoms with Crippen LogP contribution in [0.25, 0.3) is 5.57 Å². The van der Waals surface area contributed by atoms with Crippen molar-refractivity contribution in [2.24, 2.45) is 5.92 Å². The van der Waals surface area contributed by atoms with Crippen LogP contribution in [0.3, 0.4) is 0 Å². The Labute approximate surface area is 152 Å². The lowest BCUT2D eigenvalue weighted by molar-refractivity contribution is -0.143. The number of hydrogen-bond donors (Lipinski definition) is 2. The van der Waals surface area contributed by atoms with E-state index in [1.165, 1.54) is 0 Å². The highest BCUT2D eigenvalue weighted by atomic mass is 16.4. The second-order valence-electron chi connectivity index (χ2n) is 7.00. The molecule has 2 atom stereocenters. The number of allylic oxidation sites excluding steroid dienone is 1. The van der Waals surface area contributed by atoms with Crippen LogP contribution in [0.1, 0.15) is 41.0 Å². The molecule has 0 aliphatic heterocycles. The Balaban J connectivity index is 2.08. The topological polar surface area (TPSA) is 74.6 Å². The fourth-order valence-electron chi connectivity index (χ4n) is 3.66. The molecule has 2 aromatic carbocycles. The Bertz CT molecular complexity index is 860. The largest absolute Gasteiger partial charge is 0.481 e. The first-order valence-electron chi connectivity index (χ1n) is 8.68. The van der Waals surface area contributed by atoms with Crippen LogP contribution >= 0.6 is 0 Å². The molecule has 0 saturated heterocycles. The van der Waals surface area contributed by atoms with Crippen molar-refractivity contribution in [3.05, 3.63) is 76.4 Å². The van der Waals surface area contributed by atoms with Crippen LogP contribution < -0.4 is 0 Å². The Kier molecular flexibility index (Phi) is 4.94. The molecule has 2 N–H and O–H groups in total. The molecule has 0 heterocycles. The molecule has 0 saturated carbocycles. The average Bonchev–Trinajstić information content (AvgIpc) is 2.62. The van der Waals surface area contributed by atoms with E-state index in [-0.39, 0.29) is 18.8 Å². The number of hydrogen-bond acceptors (Lipinski definition) is 2. The molecule has 2 aromatic rings. The van der Waals surface area contributed by atoms with E-state index in [9.17, 15) is 19.8 Å². The third-order valence-corrected chi connectivity index (χ3v) is 5.18. The number of benzene rings is 2. The number of aryl methyl sites for hydroxylation is 2. The minimum absolute atomic E-state index is 0.221. The van der Waals surface area contributed by atoms with Crippen LogP contribution in [0.15, 0.2) is 54.1 Å². The molecule has 0 spiro atoms. The number of carboxylic acids is 2. The van der Waals surface area contributed by atoms with E-state index in [1.807, 2.05) is 62.4 Å². The lowest BCUT2D eigenvalue weighted by atomic mass is 9.71. The zero-order valence-electron chi connectivity index (χ0n) is 14.9. The predicted molar refractivity (Wildman–Crippen MR) is 100 cm³/mol. The number of aliphatic carboxylic acids is 2. The van der Waals surface area contributed by atoms with Gasteiger partial charge < -0.3 is 10.2 Å². The van der Waals surface area contributed by atoms with Crippen molar-refractivity contribution in [3.63, 3.8) is 0 Å². The molecule has 1 aliphatic carbocycles. The van der Waals surface area contributed by atoms with Gasteiger partial charge in [0, 0.05) is 11.5 Å². The summed E-state index contributed by atoms with van der Waals surface area (Å²) in [6.45, 7) is 3.93. The fourth-order valence-corrected chi connectivity index (χ4v) is 3.66. The van der Waals surface area contributed by atoms with Crippen LogP contribution in [0.2, 0.25) is 0 Å². The summed E-state index contributed by atoms with van der Waals surface area (Å²) in [5, 5.41) is 19.5. The number of carboxylic acid groups (broad SMARTS) is 2. The first-order valence-corrected chi connectivity index (χ1v) is 8.68. The Morgan fingerprint density at radius 1 is 0.846 bits per heavy atom. The number of carbonyl (C=O) groups is 2. The summed E-state index contributed by atoms with van der Waals surface area (Å²) in [7, 11) is 0. The van der Waals surface area contributed by atoms with E-state index in [0.717, 1.165) is 22.3 Å². The Morgan fingerprint density at radius 3 is 1.88 bits per heavy atom. The van der Waals surface area contributed by atoms with Gasteiger partial charge in [-0.15, -0.1) is 0 Å². The third kappa shape index (κ3) is 3.54.